The molecule has 1 aromatic heterocycles. The first-order valence-electron chi connectivity index (χ1n) is 6.34. The first-order valence-corrected chi connectivity index (χ1v) is 6.34. The van der Waals surface area contributed by atoms with Gasteiger partial charge in [-0.3, -0.25) is 14.6 Å². The number of aromatic nitrogens is 1. The normalized spacial score (nSPS) is 9.90. The van der Waals surface area contributed by atoms with Crippen molar-refractivity contribution in [2.75, 3.05) is 39.2 Å². The van der Waals surface area contributed by atoms with Crippen LogP contribution in [-0.2, 0) is 9.53 Å². The van der Waals surface area contributed by atoms with Gasteiger partial charge in [-0.05, 0) is 6.07 Å². The summed E-state index contributed by atoms with van der Waals surface area (Å²) in [6.07, 6.45) is 3.36. The number of anilines is 1. The molecule has 0 saturated heterocycles. The van der Waals surface area contributed by atoms with Crippen LogP contribution in [0.3, 0.4) is 0 Å². The number of carbonyl (C=O) groups is 2. The number of methoxy groups -OCH3 is 1. The van der Waals surface area contributed by atoms with E-state index in [1.807, 2.05) is 0 Å². The minimum absolute atomic E-state index is 0.120. The lowest BCUT2D eigenvalue weighted by atomic mass is 10.2. The lowest BCUT2D eigenvalue weighted by Gasteiger charge is -2.09. The number of amides is 2. The van der Waals surface area contributed by atoms with Gasteiger partial charge in [-0.2, -0.15) is 0 Å². The molecule has 0 bridgehead atoms. The second-order valence-electron chi connectivity index (χ2n) is 4.02. The molecule has 0 radical (unpaired) electrons. The van der Waals surface area contributed by atoms with Gasteiger partial charge >= 0.3 is 0 Å². The minimum atomic E-state index is -0.235. The van der Waals surface area contributed by atoms with Crippen molar-refractivity contribution < 1.29 is 14.3 Å². The Morgan fingerprint density at radius 3 is 2.80 bits per heavy atom. The number of pyridine rings is 1. The van der Waals surface area contributed by atoms with Crippen molar-refractivity contribution in [3.63, 3.8) is 0 Å². The minimum Gasteiger partial charge on any atom is -0.386 e. The van der Waals surface area contributed by atoms with Crippen LogP contribution in [0, 0.1) is 0 Å². The maximum absolute atomic E-state index is 11.9. The second-order valence-corrected chi connectivity index (χ2v) is 4.02. The Morgan fingerprint density at radius 2 is 2.10 bits per heavy atom. The molecule has 3 N–H and O–H groups in total. The number of hydrogen-bond donors (Lipinski definition) is 3. The molecule has 0 aliphatic heterocycles. The van der Waals surface area contributed by atoms with E-state index >= 15 is 0 Å². The smallest absolute Gasteiger partial charge is 0.253 e. The lowest BCUT2D eigenvalue weighted by Crippen LogP contribution is -2.32. The van der Waals surface area contributed by atoms with E-state index in [0.29, 0.717) is 24.4 Å². The highest BCUT2D eigenvalue weighted by Crippen LogP contribution is 2.11. The average molecular weight is 280 g/mol. The average Bonchev–Trinajstić information content (AvgIpc) is 2.47. The molecule has 20 heavy (non-hydrogen) atoms. The van der Waals surface area contributed by atoms with Crippen molar-refractivity contribution in [1.82, 2.24) is 15.6 Å². The zero-order valence-electron chi connectivity index (χ0n) is 11.7. The predicted molar refractivity (Wildman–Crippen MR) is 75.6 cm³/mol. The van der Waals surface area contributed by atoms with Gasteiger partial charge in [0, 0.05) is 39.9 Å². The molecule has 1 heterocycles. The van der Waals surface area contributed by atoms with E-state index in [4.69, 9.17) is 4.74 Å². The van der Waals surface area contributed by atoms with E-state index in [1.165, 1.54) is 0 Å². The molecule has 0 saturated carbocycles. The van der Waals surface area contributed by atoms with Crippen LogP contribution in [0.4, 0.5) is 5.69 Å². The largest absolute Gasteiger partial charge is 0.386 e. The molecular formula is C13H20N4O3. The van der Waals surface area contributed by atoms with Crippen molar-refractivity contribution in [1.29, 1.82) is 0 Å². The van der Waals surface area contributed by atoms with Gasteiger partial charge < -0.3 is 20.7 Å². The monoisotopic (exact) mass is 280 g/mol. The number of hydrogen-bond acceptors (Lipinski definition) is 5. The Labute approximate surface area is 118 Å². The summed E-state index contributed by atoms with van der Waals surface area (Å²) in [6, 6.07) is 1.62. The van der Waals surface area contributed by atoms with Gasteiger partial charge in [0.05, 0.1) is 24.1 Å². The molecule has 1 aromatic rings. The van der Waals surface area contributed by atoms with Crippen LogP contribution in [0.5, 0.6) is 0 Å². The fraction of sp³-hybridized carbons (Fsp3) is 0.462. The maximum Gasteiger partial charge on any atom is 0.253 e. The molecule has 0 atom stereocenters. The van der Waals surface area contributed by atoms with Crippen molar-refractivity contribution in [2.24, 2.45) is 0 Å². The Kier molecular flexibility index (Phi) is 7.05. The number of carbonyl (C=O) groups excluding carboxylic acids is 2. The summed E-state index contributed by atoms with van der Waals surface area (Å²) in [5.41, 5.74) is 1.15. The molecule has 0 spiro atoms. The molecule has 7 heteroatoms. The highest BCUT2D eigenvalue weighted by molar-refractivity contribution is 5.99. The SMILES string of the molecule is CNc1cnccc1C(=O)NCCC(=O)NCCOC. The van der Waals surface area contributed by atoms with Gasteiger partial charge in [0.25, 0.3) is 5.91 Å². The number of nitrogens with zero attached hydrogens (tertiary/aromatic N) is 1. The van der Waals surface area contributed by atoms with Crippen molar-refractivity contribution in [2.45, 2.75) is 6.42 Å². The topological polar surface area (TPSA) is 92.4 Å². The maximum atomic E-state index is 11.9. The van der Waals surface area contributed by atoms with Gasteiger partial charge in [-0.25, -0.2) is 0 Å². The highest BCUT2D eigenvalue weighted by Gasteiger charge is 2.10. The predicted octanol–water partition coefficient (Wildman–Crippen LogP) is 0.00580. The third-order valence-electron chi connectivity index (χ3n) is 2.60. The summed E-state index contributed by atoms with van der Waals surface area (Å²) in [7, 11) is 3.29. The summed E-state index contributed by atoms with van der Waals surface area (Å²) in [5.74, 6) is -0.354. The first-order chi connectivity index (χ1) is 9.69. The molecule has 1 rings (SSSR count). The quantitative estimate of drug-likeness (QED) is 0.583. The fourth-order valence-electron chi connectivity index (χ4n) is 1.56. The zero-order valence-corrected chi connectivity index (χ0v) is 11.7. The van der Waals surface area contributed by atoms with Crippen molar-refractivity contribution in [3.05, 3.63) is 24.0 Å². The van der Waals surface area contributed by atoms with Gasteiger partial charge in [0.15, 0.2) is 0 Å². The Bertz CT molecular complexity index is 451. The van der Waals surface area contributed by atoms with Crippen LogP contribution >= 0.6 is 0 Å². The second kappa shape index (κ2) is 8.87. The lowest BCUT2D eigenvalue weighted by molar-refractivity contribution is -0.121. The van der Waals surface area contributed by atoms with Crippen LogP contribution in [0.1, 0.15) is 16.8 Å². The van der Waals surface area contributed by atoms with E-state index in [-0.39, 0.29) is 24.8 Å². The first kappa shape index (κ1) is 15.9. The summed E-state index contributed by atoms with van der Waals surface area (Å²) in [5, 5.41) is 8.27. The zero-order chi connectivity index (χ0) is 14.8. The molecule has 7 nitrogen and oxygen atoms in total. The third-order valence-corrected chi connectivity index (χ3v) is 2.60. The van der Waals surface area contributed by atoms with Gasteiger partial charge in [0.2, 0.25) is 5.91 Å². The van der Waals surface area contributed by atoms with Crippen LogP contribution < -0.4 is 16.0 Å². The van der Waals surface area contributed by atoms with Crippen LogP contribution in [-0.4, -0.2) is 50.7 Å². The molecule has 0 aliphatic carbocycles. The van der Waals surface area contributed by atoms with Crippen molar-refractivity contribution >= 4 is 17.5 Å². The van der Waals surface area contributed by atoms with Gasteiger partial charge in [0.1, 0.15) is 0 Å². The molecule has 0 aromatic carbocycles. The summed E-state index contributed by atoms with van der Waals surface area (Å²) >= 11 is 0. The summed E-state index contributed by atoms with van der Waals surface area (Å²) < 4.78 is 4.82. The molecule has 0 aliphatic rings. The molecule has 110 valence electrons. The van der Waals surface area contributed by atoms with Crippen LogP contribution in [0.2, 0.25) is 0 Å². The Hall–Kier alpha value is -2.15. The molecule has 2 amide bonds. The van der Waals surface area contributed by atoms with E-state index in [1.54, 1.807) is 32.6 Å². The third kappa shape index (κ3) is 5.23. The fourth-order valence-corrected chi connectivity index (χ4v) is 1.56. The number of ether oxygens (including phenoxy) is 1. The van der Waals surface area contributed by atoms with Crippen molar-refractivity contribution in [3.8, 4) is 0 Å². The van der Waals surface area contributed by atoms with E-state index in [0.717, 1.165) is 0 Å². The Balaban J connectivity index is 2.34. The Morgan fingerprint density at radius 1 is 1.30 bits per heavy atom. The van der Waals surface area contributed by atoms with E-state index in [9.17, 15) is 9.59 Å². The molecule has 0 fully saturated rings. The van der Waals surface area contributed by atoms with Gasteiger partial charge in [-0.1, -0.05) is 0 Å². The van der Waals surface area contributed by atoms with Crippen LogP contribution in [0.25, 0.3) is 0 Å². The van der Waals surface area contributed by atoms with Gasteiger partial charge in [-0.15, -0.1) is 0 Å². The molecular weight excluding hydrogens is 260 g/mol. The highest BCUT2D eigenvalue weighted by atomic mass is 16.5. The van der Waals surface area contributed by atoms with E-state index in [2.05, 4.69) is 20.9 Å². The number of rotatable bonds is 8. The van der Waals surface area contributed by atoms with E-state index < -0.39 is 0 Å². The van der Waals surface area contributed by atoms with Crippen LogP contribution in [0.15, 0.2) is 18.5 Å². The summed E-state index contributed by atoms with van der Waals surface area (Å²) in [6.45, 7) is 1.22. The standard InChI is InChI=1S/C13H20N4O3/c1-14-11-9-15-5-3-10(11)13(19)17-6-4-12(18)16-7-8-20-2/h3,5,9,14H,4,6-8H2,1-2H3,(H,16,18)(H,17,19). The number of nitrogens with one attached hydrogen (secondary N) is 3. The molecule has 0 unspecified atom stereocenters. The summed E-state index contributed by atoms with van der Waals surface area (Å²) in [4.78, 5) is 27.3.